The average Bonchev–Trinajstić information content (AvgIpc) is 2.47. The van der Waals surface area contributed by atoms with E-state index in [4.69, 9.17) is 10.5 Å². The highest BCUT2D eigenvalue weighted by Crippen LogP contribution is 2.37. The number of nitrogens with zero attached hydrogens (tertiary/aromatic N) is 2. The van der Waals surface area contributed by atoms with E-state index in [0.29, 0.717) is 38.8 Å². The minimum absolute atomic E-state index is 0.386. The molecule has 1 aliphatic heterocycles. The molecule has 0 bridgehead atoms. The third-order valence-electron chi connectivity index (χ3n) is 4.76. The maximum absolute atomic E-state index is 12.8. The van der Waals surface area contributed by atoms with Crippen molar-refractivity contribution in [3.05, 3.63) is 0 Å². The fraction of sp³-hybridized carbons (Fsp3) is 1.00. The van der Waals surface area contributed by atoms with Crippen LogP contribution in [0.15, 0.2) is 0 Å². The first-order valence-corrected chi connectivity index (χ1v) is 8.84. The number of likely N-dealkylation sites (N-methyl/N-ethyl adjacent to an activating group) is 1. The second kappa shape index (κ2) is 6.27. The summed E-state index contributed by atoms with van der Waals surface area (Å²) in [6.45, 7) is 4.38. The molecule has 1 saturated carbocycles. The van der Waals surface area contributed by atoms with Gasteiger partial charge in [0, 0.05) is 32.2 Å². The van der Waals surface area contributed by atoms with Crippen molar-refractivity contribution in [1.82, 2.24) is 8.61 Å². The molecule has 2 N–H and O–H groups in total. The molecule has 0 aromatic carbocycles. The molecule has 2 aliphatic rings. The Kier molecular flexibility index (Phi) is 5.07. The Morgan fingerprint density at radius 2 is 2.05 bits per heavy atom. The Morgan fingerprint density at radius 1 is 1.40 bits per heavy atom. The second-order valence-corrected chi connectivity index (χ2v) is 8.08. The zero-order chi connectivity index (χ0) is 14.8. The van der Waals surface area contributed by atoms with Crippen molar-refractivity contribution in [3.63, 3.8) is 0 Å². The van der Waals surface area contributed by atoms with E-state index in [1.54, 1.807) is 11.4 Å². The molecule has 0 aromatic heterocycles. The van der Waals surface area contributed by atoms with Crippen LogP contribution in [0.5, 0.6) is 0 Å². The van der Waals surface area contributed by atoms with Gasteiger partial charge in [-0.25, -0.2) is 0 Å². The summed E-state index contributed by atoms with van der Waals surface area (Å²) in [5, 5.41) is 0. The largest absolute Gasteiger partial charge is 0.379 e. The van der Waals surface area contributed by atoms with Gasteiger partial charge in [-0.05, 0) is 18.8 Å². The van der Waals surface area contributed by atoms with Crippen molar-refractivity contribution in [2.75, 3.05) is 39.9 Å². The molecular weight excluding hydrogens is 278 g/mol. The zero-order valence-corrected chi connectivity index (χ0v) is 13.4. The summed E-state index contributed by atoms with van der Waals surface area (Å²) in [7, 11) is -1.76. The van der Waals surface area contributed by atoms with Crippen molar-refractivity contribution < 1.29 is 13.2 Å². The van der Waals surface area contributed by atoms with Gasteiger partial charge in [0.1, 0.15) is 0 Å². The molecule has 0 aromatic rings. The van der Waals surface area contributed by atoms with Crippen molar-refractivity contribution in [1.29, 1.82) is 0 Å². The van der Waals surface area contributed by atoms with Gasteiger partial charge in [0.2, 0.25) is 0 Å². The van der Waals surface area contributed by atoms with Gasteiger partial charge in [-0.1, -0.05) is 19.8 Å². The maximum atomic E-state index is 12.8. The number of nitrogens with two attached hydrogens (primary N) is 1. The van der Waals surface area contributed by atoms with Gasteiger partial charge in [-0.2, -0.15) is 17.0 Å². The predicted octanol–water partition coefficient (Wildman–Crippen LogP) is 0.403. The van der Waals surface area contributed by atoms with Gasteiger partial charge in [0.25, 0.3) is 10.2 Å². The monoisotopic (exact) mass is 305 g/mol. The van der Waals surface area contributed by atoms with Crippen LogP contribution in [0.2, 0.25) is 0 Å². The van der Waals surface area contributed by atoms with Gasteiger partial charge in [0.05, 0.1) is 13.2 Å². The van der Waals surface area contributed by atoms with E-state index in [0.717, 1.165) is 25.7 Å². The lowest BCUT2D eigenvalue weighted by molar-refractivity contribution is 0.0633. The van der Waals surface area contributed by atoms with Crippen LogP contribution in [-0.4, -0.2) is 62.5 Å². The molecule has 0 radical (unpaired) electrons. The van der Waals surface area contributed by atoms with Crippen LogP contribution in [-0.2, 0) is 14.9 Å². The van der Waals surface area contributed by atoms with Gasteiger partial charge in [-0.15, -0.1) is 0 Å². The lowest BCUT2D eigenvalue weighted by Gasteiger charge is -2.46. The SMILES string of the molecule is CC1CCCC(CN)(N(C)S(=O)(=O)N2CCOCC2)C1. The summed E-state index contributed by atoms with van der Waals surface area (Å²) in [5.41, 5.74) is 5.56. The van der Waals surface area contributed by atoms with Crippen molar-refractivity contribution in [2.45, 2.75) is 38.1 Å². The van der Waals surface area contributed by atoms with Crippen LogP contribution in [0, 0.1) is 5.92 Å². The number of hydrogen-bond donors (Lipinski definition) is 1. The molecule has 1 aliphatic carbocycles. The average molecular weight is 305 g/mol. The van der Waals surface area contributed by atoms with E-state index in [2.05, 4.69) is 6.92 Å². The number of hydrogen-bond acceptors (Lipinski definition) is 4. The van der Waals surface area contributed by atoms with E-state index < -0.39 is 15.7 Å². The molecule has 20 heavy (non-hydrogen) atoms. The third-order valence-corrected chi connectivity index (χ3v) is 6.86. The summed E-state index contributed by atoms with van der Waals surface area (Å²) >= 11 is 0. The summed E-state index contributed by atoms with van der Waals surface area (Å²) < 4.78 is 33.9. The molecule has 118 valence electrons. The highest BCUT2D eigenvalue weighted by atomic mass is 32.2. The van der Waals surface area contributed by atoms with E-state index in [1.165, 1.54) is 4.31 Å². The minimum atomic E-state index is -3.45. The Hall–Kier alpha value is -0.210. The van der Waals surface area contributed by atoms with Crippen LogP contribution in [0.3, 0.4) is 0 Å². The molecular formula is C13H27N3O3S. The fourth-order valence-electron chi connectivity index (χ4n) is 3.43. The molecule has 2 atom stereocenters. The highest BCUT2D eigenvalue weighted by molar-refractivity contribution is 7.86. The van der Waals surface area contributed by atoms with Crippen LogP contribution < -0.4 is 5.73 Å². The highest BCUT2D eigenvalue weighted by Gasteiger charge is 2.44. The number of ether oxygens (including phenoxy) is 1. The number of rotatable bonds is 4. The van der Waals surface area contributed by atoms with Crippen LogP contribution in [0.25, 0.3) is 0 Å². The van der Waals surface area contributed by atoms with E-state index >= 15 is 0 Å². The molecule has 7 heteroatoms. The number of morpholine rings is 1. The standard InChI is InChI=1S/C13H27N3O3S/c1-12-4-3-5-13(10-12,11-14)15(2)20(17,18)16-6-8-19-9-7-16/h12H,3-11,14H2,1-2H3. The Labute approximate surface area is 122 Å². The Morgan fingerprint density at radius 3 is 2.60 bits per heavy atom. The molecule has 2 rings (SSSR count). The van der Waals surface area contributed by atoms with Gasteiger partial charge < -0.3 is 10.5 Å². The van der Waals surface area contributed by atoms with E-state index in [1.807, 2.05) is 0 Å². The predicted molar refractivity (Wildman–Crippen MR) is 78.5 cm³/mol. The summed E-state index contributed by atoms with van der Waals surface area (Å²) in [4.78, 5) is 0. The van der Waals surface area contributed by atoms with E-state index in [9.17, 15) is 8.42 Å². The lowest BCUT2D eigenvalue weighted by atomic mass is 9.76. The first kappa shape index (κ1) is 16.2. The summed E-state index contributed by atoms with van der Waals surface area (Å²) in [6, 6.07) is 0. The molecule has 0 amide bonds. The molecule has 0 spiro atoms. The minimum Gasteiger partial charge on any atom is -0.379 e. The van der Waals surface area contributed by atoms with Crippen LogP contribution in [0.1, 0.15) is 32.6 Å². The molecule has 1 saturated heterocycles. The summed E-state index contributed by atoms with van der Waals surface area (Å²) in [6.07, 6.45) is 3.91. The Balaban J connectivity index is 2.20. The summed E-state index contributed by atoms with van der Waals surface area (Å²) in [5.74, 6) is 0.523. The third kappa shape index (κ3) is 3.01. The van der Waals surface area contributed by atoms with Crippen molar-refractivity contribution in [3.8, 4) is 0 Å². The van der Waals surface area contributed by atoms with Crippen LogP contribution >= 0.6 is 0 Å². The molecule has 2 unspecified atom stereocenters. The molecule has 6 nitrogen and oxygen atoms in total. The van der Waals surface area contributed by atoms with Gasteiger partial charge in [0.15, 0.2) is 0 Å². The van der Waals surface area contributed by atoms with Gasteiger partial charge in [-0.3, -0.25) is 0 Å². The van der Waals surface area contributed by atoms with Gasteiger partial charge >= 0.3 is 0 Å². The zero-order valence-electron chi connectivity index (χ0n) is 12.5. The normalized spacial score (nSPS) is 33.5. The fourth-order valence-corrected chi connectivity index (χ4v) is 5.11. The second-order valence-electron chi connectivity index (χ2n) is 6.12. The molecule has 2 fully saturated rings. The van der Waals surface area contributed by atoms with Crippen LogP contribution in [0.4, 0.5) is 0 Å². The Bertz CT molecular complexity index is 423. The first-order chi connectivity index (χ1) is 9.42. The van der Waals surface area contributed by atoms with Crippen molar-refractivity contribution in [2.24, 2.45) is 11.7 Å². The maximum Gasteiger partial charge on any atom is 0.282 e. The molecule has 1 heterocycles. The first-order valence-electron chi connectivity index (χ1n) is 7.44. The van der Waals surface area contributed by atoms with Crippen molar-refractivity contribution >= 4 is 10.2 Å². The quantitative estimate of drug-likeness (QED) is 0.816. The topological polar surface area (TPSA) is 75.9 Å². The van der Waals surface area contributed by atoms with E-state index in [-0.39, 0.29) is 0 Å². The smallest absolute Gasteiger partial charge is 0.282 e. The lowest BCUT2D eigenvalue weighted by Crippen LogP contribution is -2.60.